The van der Waals surface area contributed by atoms with Gasteiger partial charge in [0.15, 0.2) is 0 Å². The minimum Gasteiger partial charge on any atom is -0.381 e. The van der Waals surface area contributed by atoms with Gasteiger partial charge in [0.05, 0.1) is 19.8 Å². The molecule has 0 aliphatic carbocycles. The third kappa shape index (κ3) is 2.27. The SMILES string of the molecule is CCC1(CN2CCOCC2)CCOC1. The zero-order valence-corrected chi connectivity index (χ0v) is 9.13. The lowest BCUT2D eigenvalue weighted by Crippen LogP contribution is -2.44. The molecule has 0 bridgehead atoms. The average molecular weight is 199 g/mol. The van der Waals surface area contributed by atoms with E-state index in [9.17, 15) is 0 Å². The summed E-state index contributed by atoms with van der Waals surface area (Å²) >= 11 is 0. The fraction of sp³-hybridized carbons (Fsp3) is 1.00. The van der Waals surface area contributed by atoms with Gasteiger partial charge in [0.2, 0.25) is 0 Å². The first-order valence-electron chi connectivity index (χ1n) is 5.72. The maximum Gasteiger partial charge on any atom is 0.0594 e. The quantitative estimate of drug-likeness (QED) is 0.680. The van der Waals surface area contributed by atoms with Crippen LogP contribution in [0.3, 0.4) is 0 Å². The van der Waals surface area contributed by atoms with Crippen molar-refractivity contribution in [3.8, 4) is 0 Å². The fourth-order valence-electron chi connectivity index (χ4n) is 2.40. The van der Waals surface area contributed by atoms with Crippen LogP contribution >= 0.6 is 0 Å². The van der Waals surface area contributed by atoms with Crippen molar-refractivity contribution in [2.75, 3.05) is 46.1 Å². The lowest BCUT2D eigenvalue weighted by molar-refractivity contribution is 0.0121. The molecule has 2 aliphatic heterocycles. The van der Waals surface area contributed by atoms with Crippen LogP contribution in [0.4, 0.5) is 0 Å². The van der Waals surface area contributed by atoms with Crippen LogP contribution in [0.2, 0.25) is 0 Å². The normalized spacial score (nSPS) is 34.9. The third-order valence-corrected chi connectivity index (χ3v) is 3.60. The van der Waals surface area contributed by atoms with Crippen molar-refractivity contribution in [3.05, 3.63) is 0 Å². The van der Waals surface area contributed by atoms with Crippen LogP contribution in [0.5, 0.6) is 0 Å². The summed E-state index contributed by atoms with van der Waals surface area (Å²) in [5.41, 5.74) is 0.442. The molecule has 2 saturated heterocycles. The smallest absolute Gasteiger partial charge is 0.0594 e. The first-order valence-corrected chi connectivity index (χ1v) is 5.72. The Morgan fingerprint density at radius 3 is 2.50 bits per heavy atom. The highest BCUT2D eigenvalue weighted by molar-refractivity contribution is 4.85. The Balaban J connectivity index is 1.86. The van der Waals surface area contributed by atoms with Crippen molar-refractivity contribution in [2.45, 2.75) is 19.8 Å². The summed E-state index contributed by atoms with van der Waals surface area (Å²) in [5.74, 6) is 0. The van der Waals surface area contributed by atoms with Gasteiger partial charge in [-0.3, -0.25) is 4.90 Å². The molecule has 3 heteroatoms. The van der Waals surface area contributed by atoms with E-state index >= 15 is 0 Å². The summed E-state index contributed by atoms with van der Waals surface area (Å²) in [5, 5.41) is 0. The van der Waals surface area contributed by atoms with Crippen molar-refractivity contribution in [1.29, 1.82) is 0 Å². The first-order chi connectivity index (χ1) is 6.85. The Morgan fingerprint density at radius 2 is 1.93 bits per heavy atom. The van der Waals surface area contributed by atoms with Gasteiger partial charge in [0, 0.05) is 31.7 Å². The Hall–Kier alpha value is -0.120. The number of nitrogens with zero attached hydrogens (tertiary/aromatic N) is 1. The summed E-state index contributed by atoms with van der Waals surface area (Å²) < 4.78 is 10.9. The van der Waals surface area contributed by atoms with E-state index in [1.165, 1.54) is 19.4 Å². The van der Waals surface area contributed by atoms with Crippen LogP contribution in [0.25, 0.3) is 0 Å². The van der Waals surface area contributed by atoms with Gasteiger partial charge >= 0.3 is 0 Å². The van der Waals surface area contributed by atoms with Gasteiger partial charge in [-0.25, -0.2) is 0 Å². The third-order valence-electron chi connectivity index (χ3n) is 3.60. The summed E-state index contributed by atoms with van der Waals surface area (Å²) in [6.07, 6.45) is 2.48. The highest BCUT2D eigenvalue weighted by Gasteiger charge is 2.35. The van der Waals surface area contributed by atoms with Gasteiger partial charge in [-0.05, 0) is 12.8 Å². The molecular weight excluding hydrogens is 178 g/mol. The monoisotopic (exact) mass is 199 g/mol. The van der Waals surface area contributed by atoms with E-state index in [-0.39, 0.29) is 0 Å². The molecule has 3 nitrogen and oxygen atoms in total. The summed E-state index contributed by atoms with van der Waals surface area (Å²) in [7, 11) is 0. The predicted molar refractivity (Wildman–Crippen MR) is 55.4 cm³/mol. The van der Waals surface area contributed by atoms with Crippen molar-refractivity contribution in [2.24, 2.45) is 5.41 Å². The molecule has 14 heavy (non-hydrogen) atoms. The number of hydrogen-bond acceptors (Lipinski definition) is 3. The molecule has 0 aromatic heterocycles. The van der Waals surface area contributed by atoms with Crippen LogP contribution in [0.1, 0.15) is 19.8 Å². The van der Waals surface area contributed by atoms with Gasteiger partial charge in [0.1, 0.15) is 0 Å². The zero-order chi connectivity index (χ0) is 9.86. The molecule has 0 saturated carbocycles. The summed E-state index contributed by atoms with van der Waals surface area (Å²) in [6, 6.07) is 0. The molecule has 2 heterocycles. The Kier molecular flexibility index (Phi) is 3.42. The van der Waals surface area contributed by atoms with E-state index in [4.69, 9.17) is 9.47 Å². The van der Waals surface area contributed by atoms with Crippen LogP contribution in [0.15, 0.2) is 0 Å². The largest absolute Gasteiger partial charge is 0.381 e. The van der Waals surface area contributed by atoms with Crippen LogP contribution in [0, 0.1) is 5.41 Å². The summed E-state index contributed by atoms with van der Waals surface area (Å²) in [4.78, 5) is 2.53. The first kappa shape index (κ1) is 10.4. The molecular formula is C11H21NO2. The zero-order valence-electron chi connectivity index (χ0n) is 9.13. The van der Waals surface area contributed by atoms with E-state index in [1.807, 2.05) is 0 Å². The molecule has 1 unspecified atom stereocenters. The highest BCUT2D eigenvalue weighted by atomic mass is 16.5. The Labute approximate surface area is 86.4 Å². The average Bonchev–Trinajstić information content (AvgIpc) is 2.69. The van der Waals surface area contributed by atoms with Gasteiger partial charge in [0.25, 0.3) is 0 Å². The topological polar surface area (TPSA) is 21.7 Å². The Bertz CT molecular complexity index is 172. The van der Waals surface area contributed by atoms with E-state index < -0.39 is 0 Å². The lowest BCUT2D eigenvalue weighted by atomic mass is 9.84. The molecule has 0 aromatic carbocycles. The van der Waals surface area contributed by atoms with Crippen molar-refractivity contribution in [3.63, 3.8) is 0 Å². The van der Waals surface area contributed by atoms with Crippen molar-refractivity contribution < 1.29 is 9.47 Å². The maximum absolute atomic E-state index is 5.53. The van der Waals surface area contributed by atoms with Gasteiger partial charge in [-0.2, -0.15) is 0 Å². The van der Waals surface area contributed by atoms with Crippen molar-refractivity contribution in [1.82, 2.24) is 4.90 Å². The second kappa shape index (κ2) is 4.60. The fourth-order valence-corrected chi connectivity index (χ4v) is 2.40. The minimum atomic E-state index is 0.442. The Morgan fingerprint density at radius 1 is 1.14 bits per heavy atom. The molecule has 0 radical (unpaired) electrons. The maximum atomic E-state index is 5.53. The molecule has 2 aliphatic rings. The standard InChI is InChI=1S/C11H21NO2/c1-2-11(3-6-14-10-11)9-12-4-7-13-8-5-12/h2-10H2,1H3. The molecule has 0 N–H and O–H groups in total. The van der Waals surface area contributed by atoms with E-state index in [0.717, 1.165) is 39.5 Å². The van der Waals surface area contributed by atoms with Crippen LogP contribution < -0.4 is 0 Å². The van der Waals surface area contributed by atoms with E-state index in [0.29, 0.717) is 5.41 Å². The van der Waals surface area contributed by atoms with Crippen LogP contribution in [-0.2, 0) is 9.47 Å². The summed E-state index contributed by atoms with van der Waals surface area (Å²) in [6.45, 7) is 9.41. The van der Waals surface area contributed by atoms with E-state index in [2.05, 4.69) is 11.8 Å². The van der Waals surface area contributed by atoms with Crippen molar-refractivity contribution >= 4 is 0 Å². The molecule has 1 atom stereocenters. The van der Waals surface area contributed by atoms with Crippen LogP contribution in [-0.4, -0.2) is 51.0 Å². The number of hydrogen-bond donors (Lipinski definition) is 0. The highest BCUT2D eigenvalue weighted by Crippen LogP contribution is 2.33. The number of ether oxygens (including phenoxy) is 2. The lowest BCUT2D eigenvalue weighted by Gasteiger charge is -2.35. The number of rotatable bonds is 3. The molecule has 0 aromatic rings. The molecule has 82 valence electrons. The second-order valence-electron chi connectivity index (χ2n) is 4.54. The van der Waals surface area contributed by atoms with Gasteiger partial charge in [-0.15, -0.1) is 0 Å². The molecule has 0 spiro atoms. The van der Waals surface area contributed by atoms with E-state index in [1.54, 1.807) is 0 Å². The second-order valence-corrected chi connectivity index (χ2v) is 4.54. The molecule has 0 amide bonds. The molecule has 2 fully saturated rings. The number of morpholine rings is 1. The van der Waals surface area contributed by atoms with Gasteiger partial charge in [-0.1, -0.05) is 6.92 Å². The van der Waals surface area contributed by atoms with Gasteiger partial charge < -0.3 is 9.47 Å². The predicted octanol–water partition coefficient (Wildman–Crippen LogP) is 1.14. The minimum absolute atomic E-state index is 0.442. The molecule has 2 rings (SSSR count).